The smallest absolute Gasteiger partial charge is 0.197 e. The summed E-state index contributed by atoms with van der Waals surface area (Å²) >= 11 is 6.17. The van der Waals surface area contributed by atoms with Gasteiger partial charge in [-0.3, -0.25) is 0 Å². The number of rotatable bonds is 5. The van der Waals surface area contributed by atoms with Gasteiger partial charge in [-0.05, 0) is 42.5 Å². The molecule has 3 heteroatoms. The van der Waals surface area contributed by atoms with E-state index >= 15 is 0 Å². The first-order valence-electron chi connectivity index (χ1n) is 7.24. The van der Waals surface area contributed by atoms with Crippen LogP contribution in [-0.4, -0.2) is 6.54 Å². The van der Waals surface area contributed by atoms with Gasteiger partial charge in [0.2, 0.25) is 0 Å². The largest absolute Gasteiger partial charge is 0.453 e. The minimum absolute atomic E-state index is 0.353. The molecule has 0 aromatic carbocycles. The van der Waals surface area contributed by atoms with E-state index in [4.69, 9.17) is 16.0 Å². The van der Waals surface area contributed by atoms with E-state index in [1.807, 2.05) is 6.07 Å². The van der Waals surface area contributed by atoms with Crippen LogP contribution in [-0.2, 0) is 0 Å². The first-order valence-corrected chi connectivity index (χ1v) is 7.62. The van der Waals surface area contributed by atoms with Crippen LogP contribution in [0.15, 0.2) is 16.7 Å². The lowest BCUT2D eigenvalue weighted by atomic mass is 9.72. The Bertz CT molecular complexity index is 363. The van der Waals surface area contributed by atoms with Gasteiger partial charge in [-0.15, -0.1) is 0 Å². The van der Waals surface area contributed by atoms with E-state index in [0.717, 1.165) is 18.0 Å². The minimum atomic E-state index is 0.353. The van der Waals surface area contributed by atoms with E-state index in [0.29, 0.717) is 17.2 Å². The third kappa shape index (κ3) is 2.92. The van der Waals surface area contributed by atoms with Crippen LogP contribution in [0.1, 0.15) is 57.6 Å². The van der Waals surface area contributed by atoms with Gasteiger partial charge in [0.25, 0.3) is 0 Å². The molecule has 2 rings (SSSR count). The van der Waals surface area contributed by atoms with Gasteiger partial charge in [0, 0.05) is 11.6 Å². The first-order chi connectivity index (χ1) is 8.77. The molecule has 1 heterocycles. The van der Waals surface area contributed by atoms with Crippen LogP contribution in [0.4, 0.5) is 0 Å². The molecule has 0 bridgehead atoms. The van der Waals surface area contributed by atoms with Crippen LogP contribution in [0.5, 0.6) is 0 Å². The topological polar surface area (TPSA) is 25.2 Å². The Hall–Kier alpha value is -0.470. The first kappa shape index (κ1) is 14.0. The molecule has 0 amide bonds. The molecule has 0 radical (unpaired) electrons. The Labute approximate surface area is 115 Å². The predicted molar refractivity (Wildman–Crippen MR) is 75.9 cm³/mol. The van der Waals surface area contributed by atoms with Crippen LogP contribution in [0, 0.1) is 11.8 Å². The van der Waals surface area contributed by atoms with Crippen molar-refractivity contribution in [1.29, 1.82) is 0 Å². The summed E-state index contributed by atoms with van der Waals surface area (Å²) in [6, 6.07) is 2.38. The van der Waals surface area contributed by atoms with Crippen molar-refractivity contribution >= 4 is 11.6 Å². The molecular weight excluding hydrogens is 246 g/mol. The molecule has 1 aromatic rings. The van der Waals surface area contributed by atoms with Gasteiger partial charge in [-0.2, -0.15) is 0 Å². The number of halogens is 1. The van der Waals surface area contributed by atoms with E-state index in [1.165, 1.54) is 32.1 Å². The average Bonchev–Trinajstić information content (AvgIpc) is 2.82. The third-order valence-electron chi connectivity index (χ3n) is 4.33. The summed E-state index contributed by atoms with van der Waals surface area (Å²) in [7, 11) is 0. The lowest BCUT2D eigenvalue weighted by Gasteiger charge is -2.37. The fraction of sp³-hybridized carbons (Fsp3) is 0.733. The van der Waals surface area contributed by atoms with Gasteiger partial charge in [0.05, 0.1) is 6.26 Å². The van der Waals surface area contributed by atoms with Crippen LogP contribution < -0.4 is 5.32 Å². The average molecular weight is 270 g/mol. The minimum Gasteiger partial charge on any atom is -0.453 e. The molecule has 18 heavy (non-hydrogen) atoms. The molecule has 1 N–H and O–H groups in total. The molecule has 1 fully saturated rings. The van der Waals surface area contributed by atoms with Gasteiger partial charge in [-0.25, -0.2) is 0 Å². The molecule has 1 aliphatic carbocycles. The lowest BCUT2D eigenvalue weighted by molar-refractivity contribution is 0.176. The fourth-order valence-corrected chi connectivity index (χ4v) is 3.65. The highest BCUT2D eigenvalue weighted by Crippen LogP contribution is 2.42. The quantitative estimate of drug-likeness (QED) is 0.831. The van der Waals surface area contributed by atoms with E-state index in [9.17, 15) is 0 Å². The van der Waals surface area contributed by atoms with E-state index in [1.54, 1.807) is 6.26 Å². The zero-order valence-electron chi connectivity index (χ0n) is 11.4. The molecule has 1 aliphatic rings. The highest BCUT2D eigenvalue weighted by Gasteiger charge is 2.32. The van der Waals surface area contributed by atoms with Crippen molar-refractivity contribution in [1.82, 2.24) is 5.32 Å². The summed E-state index contributed by atoms with van der Waals surface area (Å²) in [4.78, 5) is 0. The Morgan fingerprint density at radius 1 is 1.39 bits per heavy atom. The van der Waals surface area contributed by atoms with Crippen molar-refractivity contribution in [2.24, 2.45) is 11.8 Å². The number of hydrogen-bond acceptors (Lipinski definition) is 2. The summed E-state index contributed by atoms with van der Waals surface area (Å²) < 4.78 is 5.28. The summed E-state index contributed by atoms with van der Waals surface area (Å²) in [5, 5.41) is 4.17. The van der Waals surface area contributed by atoms with Crippen LogP contribution in [0.2, 0.25) is 5.22 Å². The van der Waals surface area contributed by atoms with E-state index in [2.05, 4.69) is 19.2 Å². The van der Waals surface area contributed by atoms with Gasteiger partial charge < -0.3 is 9.73 Å². The summed E-state index contributed by atoms with van der Waals surface area (Å²) in [5.41, 5.74) is 1.14. The Morgan fingerprint density at radius 3 is 2.78 bits per heavy atom. The Balaban J connectivity index is 2.20. The number of hydrogen-bond donors (Lipinski definition) is 1. The van der Waals surface area contributed by atoms with E-state index < -0.39 is 0 Å². The second kappa shape index (κ2) is 6.63. The van der Waals surface area contributed by atoms with Crippen LogP contribution in [0.25, 0.3) is 0 Å². The summed E-state index contributed by atoms with van der Waals surface area (Å²) in [5.74, 6) is 1.51. The van der Waals surface area contributed by atoms with Gasteiger partial charge in [-0.1, -0.05) is 39.5 Å². The molecular formula is C15H24ClNO. The number of furan rings is 1. The Morgan fingerprint density at radius 2 is 2.17 bits per heavy atom. The van der Waals surface area contributed by atoms with Gasteiger partial charge in [0.1, 0.15) is 0 Å². The van der Waals surface area contributed by atoms with Crippen molar-refractivity contribution in [2.45, 2.75) is 52.0 Å². The molecule has 102 valence electrons. The second-order valence-electron chi connectivity index (χ2n) is 5.30. The standard InChI is InChI=1S/C15H24ClNO/c1-3-11-7-5-6-8-12(11)14(17-4-2)13-9-10-18-15(13)16/h9-12,14,17H,3-8H2,1-2H3. The van der Waals surface area contributed by atoms with Crippen molar-refractivity contribution in [3.8, 4) is 0 Å². The highest BCUT2D eigenvalue weighted by molar-refractivity contribution is 6.29. The molecule has 3 unspecified atom stereocenters. The highest BCUT2D eigenvalue weighted by atomic mass is 35.5. The zero-order valence-corrected chi connectivity index (χ0v) is 12.2. The lowest BCUT2D eigenvalue weighted by Crippen LogP contribution is -2.34. The maximum atomic E-state index is 6.17. The summed E-state index contributed by atoms with van der Waals surface area (Å²) in [6.45, 7) is 5.44. The molecule has 0 aliphatic heterocycles. The maximum absolute atomic E-state index is 6.17. The van der Waals surface area contributed by atoms with Gasteiger partial charge >= 0.3 is 0 Å². The fourth-order valence-electron chi connectivity index (χ4n) is 3.42. The number of nitrogens with one attached hydrogen (secondary N) is 1. The van der Waals surface area contributed by atoms with Crippen LogP contribution in [0.3, 0.4) is 0 Å². The van der Waals surface area contributed by atoms with E-state index in [-0.39, 0.29) is 0 Å². The van der Waals surface area contributed by atoms with Crippen molar-refractivity contribution in [3.05, 3.63) is 23.1 Å². The van der Waals surface area contributed by atoms with Crippen LogP contribution >= 0.6 is 11.6 Å². The monoisotopic (exact) mass is 269 g/mol. The van der Waals surface area contributed by atoms with Gasteiger partial charge in [0.15, 0.2) is 5.22 Å². The normalized spacial score (nSPS) is 26.2. The predicted octanol–water partition coefficient (Wildman–Crippen LogP) is 4.80. The SMILES string of the molecule is CCNC(c1ccoc1Cl)C1CCCCC1CC. The summed E-state index contributed by atoms with van der Waals surface area (Å²) in [6.07, 6.45) is 8.36. The molecule has 0 saturated heterocycles. The molecule has 2 nitrogen and oxygen atoms in total. The maximum Gasteiger partial charge on any atom is 0.197 e. The van der Waals surface area contributed by atoms with Crippen molar-refractivity contribution in [3.63, 3.8) is 0 Å². The van der Waals surface area contributed by atoms with Crippen molar-refractivity contribution in [2.75, 3.05) is 6.54 Å². The van der Waals surface area contributed by atoms with Crippen molar-refractivity contribution < 1.29 is 4.42 Å². The third-order valence-corrected chi connectivity index (χ3v) is 4.63. The molecule has 0 spiro atoms. The zero-order chi connectivity index (χ0) is 13.0. The molecule has 1 saturated carbocycles. The molecule has 3 atom stereocenters. The molecule has 1 aromatic heterocycles. The Kier molecular flexibility index (Phi) is 5.13. The second-order valence-corrected chi connectivity index (χ2v) is 5.64.